The van der Waals surface area contributed by atoms with Gasteiger partial charge in [-0.1, -0.05) is 167 Å². The molecule has 6 aromatic carbocycles. The number of benzene rings is 6. The van der Waals surface area contributed by atoms with Crippen molar-refractivity contribution >= 4 is 54.2 Å². The topological polar surface area (TPSA) is 25.8 Å². The van der Waals surface area contributed by atoms with Gasteiger partial charge in [-0.05, 0) is 84.4 Å². The molecule has 0 bridgehead atoms. The van der Waals surface area contributed by atoms with Gasteiger partial charge in [0.2, 0.25) is 0 Å². The molecule has 0 saturated heterocycles. The van der Waals surface area contributed by atoms with Gasteiger partial charge in [-0.25, -0.2) is 9.97 Å². The van der Waals surface area contributed by atoms with Gasteiger partial charge < -0.3 is 0 Å². The Morgan fingerprint density at radius 1 is 0.562 bits per heavy atom. The second kappa shape index (κ2) is 14.3. The molecule has 0 fully saturated rings. The van der Waals surface area contributed by atoms with Crippen LogP contribution in [-0.4, -0.2) is 9.97 Å². The van der Waals surface area contributed by atoms with E-state index < -0.39 is 0 Å². The monoisotopic (exact) mass is 620 g/mol. The first-order valence-electron chi connectivity index (χ1n) is 16.6. The van der Waals surface area contributed by atoms with E-state index in [9.17, 15) is 0 Å². The summed E-state index contributed by atoms with van der Waals surface area (Å²) in [6, 6.07) is 39.1. The molecule has 0 amide bonds. The van der Waals surface area contributed by atoms with E-state index in [0.717, 1.165) is 49.6 Å². The number of rotatable bonds is 7. The van der Waals surface area contributed by atoms with Crippen molar-refractivity contribution in [2.75, 3.05) is 0 Å². The van der Waals surface area contributed by atoms with E-state index in [1.807, 2.05) is 37.3 Å². The molecule has 0 aliphatic rings. The Labute approximate surface area is 283 Å². The molecular formula is C46H40N2. The minimum atomic E-state index is 0.656. The Morgan fingerprint density at radius 2 is 1.04 bits per heavy atom. The SMILES string of the molecule is C=C/C=C(\C=C)c1cc(/C(C=C)=C/C)nc(-c2c3ccccc3c(-c3ccc4ccc5ccccc5c4c3)c3ccccc23)n1.CCC. The second-order valence-corrected chi connectivity index (χ2v) is 11.7. The van der Waals surface area contributed by atoms with Crippen LogP contribution in [0.5, 0.6) is 0 Å². The maximum atomic E-state index is 5.16. The van der Waals surface area contributed by atoms with Crippen LogP contribution in [0, 0.1) is 0 Å². The fraction of sp³-hybridized carbons (Fsp3) is 0.0870. The smallest absolute Gasteiger partial charge is 0.161 e. The average molecular weight is 621 g/mol. The predicted molar refractivity (Wildman–Crippen MR) is 211 cm³/mol. The molecule has 7 rings (SSSR count). The van der Waals surface area contributed by atoms with E-state index in [2.05, 4.69) is 137 Å². The van der Waals surface area contributed by atoms with Crippen LogP contribution < -0.4 is 0 Å². The van der Waals surface area contributed by atoms with Crippen LogP contribution in [-0.2, 0) is 0 Å². The fourth-order valence-corrected chi connectivity index (χ4v) is 6.45. The zero-order valence-electron chi connectivity index (χ0n) is 28.0. The maximum Gasteiger partial charge on any atom is 0.161 e. The summed E-state index contributed by atoms with van der Waals surface area (Å²) in [6.45, 7) is 18.2. The highest BCUT2D eigenvalue weighted by Gasteiger charge is 2.20. The van der Waals surface area contributed by atoms with Crippen molar-refractivity contribution in [3.05, 3.63) is 171 Å². The van der Waals surface area contributed by atoms with Crippen molar-refractivity contribution in [2.24, 2.45) is 0 Å². The molecule has 0 spiro atoms. The molecule has 0 unspecified atom stereocenters. The molecule has 0 radical (unpaired) electrons. The molecule has 0 N–H and O–H groups in total. The summed E-state index contributed by atoms with van der Waals surface area (Å²) in [7, 11) is 0. The lowest BCUT2D eigenvalue weighted by atomic mass is 9.87. The van der Waals surface area contributed by atoms with Gasteiger partial charge in [-0.15, -0.1) is 0 Å². The van der Waals surface area contributed by atoms with Gasteiger partial charge in [0.15, 0.2) is 5.82 Å². The van der Waals surface area contributed by atoms with Crippen molar-refractivity contribution in [3.8, 4) is 22.5 Å². The van der Waals surface area contributed by atoms with E-state index in [1.165, 1.54) is 39.1 Å². The van der Waals surface area contributed by atoms with Gasteiger partial charge in [-0.3, -0.25) is 0 Å². The third kappa shape index (κ3) is 5.89. The minimum Gasteiger partial charge on any atom is -0.228 e. The first-order valence-corrected chi connectivity index (χ1v) is 16.6. The molecule has 2 heteroatoms. The second-order valence-electron chi connectivity index (χ2n) is 11.7. The highest BCUT2D eigenvalue weighted by molar-refractivity contribution is 6.21. The number of allylic oxidation sites excluding steroid dienone is 7. The summed E-state index contributed by atoms with van der Waals surface area (Å²) >= 11 is 0. The lowest BCUT2D eigenvalue weighted by molar-refractivity contribution is 1.09. The fourth-order valence-electron chi connectivity index (χ4n) is 6.45. The van der Waals surface area contributed by atoms with Crippen molar-refractivity contribution in [3.63, 3.8) is 0 Å². The number of aromatic nitrogens is 2. The summed E-state index contributed by atoms with van der Waals surface area (Å²) < 4.78 is 0. The van der Waals surface area contributed by atoms with E-state index >= 15 is 0 Å². The number of hydrogen-bond donors (Lipinski definition) is 0. The van der Waals surface area contributed by atoms with Crippen LogP contribution in [0.25, 0.3) is 76.8 Å². The zero-order chi connectivity index (χ0) is 33.6. The largest absolute Gasteiger partial charge is 0.228 e. The molecule has 0 aliphatic heterocycles. The lowest BCUT2D eigenvalue weighted by Crippen LogP contribution is -2.01. The van der Waals surface area contributed by atoms with E-state index in [1.54, 1.807) is 6.08 Å². The Kier molecular flexibility index (Phi) is 9.55. The zero-order valence-corrected chi connectivity index (χ0v) is 28.0. The van der Waals surface area contributed by atoms with Crippen molar-refractivity contribution in [2.45, 2.75) is 27.2 Å². The van der Waals surface area contributed by atoms with Gasteiger partial charge in [0.25, 0.3) is 0 Å². The van der Waals surface area contributed by atoms with Gasteiger partial charge >= 0.3 is 0 Å². The summed E-state index contributed by atoms with van der Waals surface area (Å²) in [5.41, 5.74) is 6.79. The van der Waals surface area contributed by atoms with E-state index in [4.69, 9.17) is 9.97 Å². The van der Waals surface area contributed by atoms with Gasteiger partial charge in [0.05, 0.1) is 11.4 Å². The quantitative estimate of drug-likeness (QED) is 0.101. The third-order valence-corrected chi connectivity index (χ3v) is 8.56. The molecular weight excluding hydrogens is 581 g/mol. The highest BCUT2D eigenvalue weighted by Crippen LogP contribution is 2.44. The average Bonchev–Trinajstić information content (AvgIpc) is 3.13. The molecule has 1 heterocycles. The van der Waals surface area contributed by atoms with Crippen LogP contribution >= 0.6 is 0 Å². The molecule has 1 aromatic heterocycles. The third-order valence-electron chi connectivity index (χ3n) is 8.56. The molecule has 7 aromatic rings. The van der Waals surface area contributed by atoms with Crippen LogP contribution in [0.15, 0.2) is 159 Å². The van der Waals surface area contributed by atoms with E-state index in [-0.39, 0.29) is 0 Å². The van der Waals surface area contributed by atoms with Crippen LogP contribution in [0.1, 0.15) is 38.6 Å². The van der Waals surface area contributed by atoms with Gasteiger partial charge in [-0.2, -0.15) is 0 Å². The molecule has 0 aliphatic carbocycles. The molecule has 234 valence electrons. The molecule has 2 nitrogen and oxygen atoms in total. The first-order chi connectivity index (χ1) is 23.6. The number of hydrogen-bond acceptors (Lipinski definition) is 2. The maximum absolute atomic E-state index is 5.16. The Bertz CT molecular complexity index is 2350. The summed E-state index contributed by atoms with van der Waals surface area (Å²) in [6.07, 6.45) is 10.6. The standard InChI is InChI=1S/C43H32N2.C3H8/c1-5-15-29(8-4)40-27-39(28(6-2)7-3)44-43(45-40)42-36-20-13-11-18-34(36)41(35-19-12-14-21-37(35)42)32-25-24-31-23-22-30-16-9-10-17-33(30)38(31)26-32;1-3-2/h5-27H,1-2,4H2,3H3;3H2,1-2H3/b28-7+,29-15+;. The van der Waals surface area contributed by atoms with Crippen LogP contribution in [0.3, 0.4) is 0 Å². The predicted octanol–water partition coefficient (Wildman–Crippen LogP) is 13.2. The Morgan fingerprint density at radius 3 is 1.58 bits per heavy atom. The summed E-state index contributed by atoms with van der Waals surface area (Å²) in [4.78, 5) is 10.3. The summed E-state index contributed by atoms with van der Waals surface area (Å²) in [5, 5.41) is 9.48. The van der Waals surface area contributed by atoms with E-state index in [0.29, 0.717) is 5.82 Å². The Balaban J connectivity index is 0.00000129. The molecule has 0 saturated carbocycles. The number of fused-ring (bicyclic) bond motifs is 5. The van der Waals surface area contributed by atoms with Crippen molar-refractivity contribution < 1.29 is 0 Å². The van der Waals surface area contributed by atoms with Crippen LogP contribution in [0.2, 0.25) is 0 Å². The van der Waals surface area contributed by atoms with Crippen LogP contribution in [0.4, 0.5) is 0 Å². The van der Waals surface area contributed by atoms with Crippen molar-refractivity contribution in [1.29, 1.82) is 0 Å². The summed E-state index contributed by atoms with van der Waals surface area (Å²) in [5.74, 6) is 0.656. The Hall–Kier alpha value is -5.86. The molecule has 48 heavy (non-hydrogen) atoms. The number of nitrogens with zero attached hydrogens (tertiary/aromatic N) is 2. The van der Waals surface area contributed by atoms with Gasteiger partial charge in [0.1, 0.15) is 0 Å². The first kappa shape index (κ1) is 32.1. The van der Waals surface area contributed by atoms with Crippen molar-refractivity contribution in [1.82, 2.24) is 9.97 Å². The lowest BCUT2D eigenvalue weighted by Gasteiger charge is -2.18. The minimum absolute atomic E-state index is 0.656. The highest BCUT2D eigenvalue weighted by atomic mass is 14.9. The molecule has 0 atom stereocenters. The normalized spacial score (nSPS) is 11.8. The van der Waals surface area contributed by atoms with Gasteiger partial charge in [0, 0.05) is 5.56 Å².